The monoisotopic (exact) mass is 436 g/mol. The number of anilines is 1. The highest BCUT2D eigenvalue weighted by Gasteiger charge is 2.23. The zero-order chi connectivity index (χ0) is 22.0. The number of carbonyl (C=O) groups is 1. The minimum absolute atomic E-state index is 0.00201. The van der Waals surface area contributed by atoms with Crippen LogP contribution < -0.4 is 4.90 Å². The first-order valence-electron chi connectivity index (χ1n) is 9.72. The Morgan fingerprint density at radius 1 is 0.935 bits per heavy atom. The molecular weight excluding hydrogens is 415 g/mol. The normalized spacial score (nSPS) is 11.5. The second-order valence-corrected chi connectivity index (χ2v) is 9.27. The fraction of sp³-hybridized carbons (Fsp3) is 0.125. The Morgan fingerprint density at radius 2 is 1.58 bits per heavy atom. The summed E-state index contributed by atoms with van der Waals surface area (Å²) in [6.07, 6.45) is 1.51. The van der Waals surface area contributed by atoms with E-state index in [1.165, 1.54) is 30.5 Å². The number of hydrogen-bond donors (Lipinski definition) is 0. The molecule has 0 spiro atoms. The number of rotatable bonds is 6. The zero-order valence-corrected chi connectivity index (χ0v) is 17.7. The first-order chi connectivity index (χ1) is 14.8. The molecule has 0 radical (unpaired) electrons. The predicted octanol–water partition coefficient (Wildman–Crippen LogP) is 4.42. The average Bonchev–Trinajstić information content (AvgIpc) is 3.15. The summed E-state index contributed by atoms with van der Waals surface area (Å²) in [4.78, 5) is 14.6. The van der Waals surface area contributed by atoms with Crippen LogP contribution in [0.15, 0.2) is 90.0 Å². The number of halogens is 1. The van der Waals surface area contributed by atoms with Gasteiger partial charge in [-0.05, 0) is 35.9 Å². The van der Waals surface area contributed by atoms with Crippen LogP contribution in [0.5, 0.6) is 0 Å². The third-order valence-electron chi connectivity index (χ3n) is 5.18. The van der Waals surface area contributed by atoms with E-state index in [0.717, 1.165) is 5.69 Å². The molecule has 1 amide bonds. The van der Waals surface area contributed by atoms with Gasteiger partial charge in [0.25, 0.3) is 0 Å². The largest absolute Gasteiger partial charge is 0.337 e. The van der Waals surface area contributed by atoms with Gasteiger partial charge in [0.2, 0.25) is 5.91 Å². The van der Waals surface area contributed by atoms with Crippen molar-refractivity contribution in [2.75, 3.05) is 11.9 Å². The van der Waals surface area contributed by atoms with Gasteiger partial charge in [-0.15, -0.1) is 0 Å². The molecule has 5 nitrogen and oxygen atoms in total. The van der Waals surface area contributed by atoms with Gasteiger partial charge < -0.3 is 9.47 Å². The Kier molecular flexibility index (Phi) is 5.61. The maximum atomic E-state index is 13.2. The van der Waals surface area contributed by atoms with Crippen LogP contribution in [0.1, 0.15) is 5.56 Å². The molecule has 0 saturated heterocycles. The van der Waals surface area contributed by atoms with Gasteiger partial charge in [0.05, 0.1) is 10.6 Å². The van der Waals surface area contributed by atoms with E-state index in [0.29, 0.717) is 16.5 Å². The van der Waals surface area contributed by atoms with Crippen LogP contribution in [0.3, 0.4) is 0 Å². The molecule has 0 fully saturated rings. The van der Waals surface area contributed by atoms with Crippen molar-refractivity contribution in [2.45, 2.75) is 17.2 Å². The Labute approximate surface area is 180 Å². The van der Waals surface area contributed by atoms with Crippen molar-refractivity contribution in [3.05, 3.63) is 96.4 Å². The molecule has 1 aromatic heterocycles. The van der Waals surface area contributed by atoms with Gasteiger partial charge in [-0.2, -0.15) is 0 Å². The standard InChI is InChI=1S/C24H21FN2O3S/c1-26(20-7-3-2-4-8-20)24(28)16-27-15-23(21-9-5-6-10-22(21)27)31(29,30)17-18-11-13-19(25)14-12-18/h2-15H,16-17H2,1H3. The molecule has 158 valence electrons. The lowest BCUT2D eigenvalue weighted by Crippen LogP contribution is -2.29. The predicted molar refractivity (Wildman–Crippen MR) is 119 cm³/mol. The molecule has 4 rings (SSSR count). The Hall–Kier alpha value is -3.45. The number of sulfone groups is 1. The summed E-state index contributed by atoms with van der Waals surface area (Å²) in [6.45, 7) is -0.00201. The van der Waals surface area contributed by atoms with Crippen LogP contribution >= 0.6 is 0 Å². The van der Waals surface area contributed by atoms with Gasteiger partial charge in [-0.3, -0.25) is 4.79 Å². The van der Waals surface area contributed by atoms with Gasteiger partial charge in [0.15, 0.2) is 9.84 Å². The molecule has 31 heavy (non-hydrogen) atoms. The molecule has 7 heteroatoms. The lowest BCUT2D eigenvalue weighted by Gasteiger charge is -2.18. The van der Waals surface area contributed by atoms with E-state index >= 15 is 0 Å². The fourth-order valence-corrected chi connectivity index (χ4v) is 5.10. The highest BCUT2D eigenvalue weighted by atomic mass is 32.2. The van der Waals surface area contributed by atoms with Crippen molar-refractivity contribution in [1.82, 2.24) is 4.57 Å². The quantitative estimate of drug-likeness (QED) is 0.450. The van der Waals surface area contributed by atoms with E-state index in [2.05, 4.69) is 0 Å². The van der Waals surface area contributed by atoms with Crippen LogP contribution in [0.2, 0.25) is 0 Å². The molecule has 0 saturated carbocycles. The topological polar surface area (TPSA) is 59.4 Å². The summed E-state index contributed by atoms with van der Waals surface area (Å²) in [5.41, 5.74) is 1.92. The molecule has 0 atom stereocenters. The fourth-order valence-electron chi connectivity index (χ4n) is 3.52. The summed E-state index contributed by atoms with van der Waals surface area (Å²) in [5.74, 6) is -0.840. The summed E-state index contributed by atoms with van der Waals surface area (Å²) in [5, 5.41) is 0.555. The molecule has 3 aromatic carbocycles. The molecule has 0 bridgehead atoms. The Morgan fingerprint density at radius 3 is 2.29 bits per heavy atom. The van der Waals surface area contributed by atoms with Crippen LogP contribution in [-0.2, 0) is 26.9 Å². The van der Waals surface area contributed by atoms with E-state index in [1.54, 1.807) is 40.8 Å². The number of amides is 1. The zero-order valence-electron chi connectivity index (χ0n) is 16.9. The minimum atomic E-state index is -3.71. The van der Waals surface area contributed by atoms with Crippen LogP contribution in [0.4, 0.5) is 10.1 Å². The lowest BCUT2D eigenvalue weighted by molar-refractivity contribution is -0.118. The number of likely N-dealkylation sites (N-methyl/N-ethyl adjacent to an activating group) is 1. The first kappa shape index (κ1) is 20.8. The summed E-state index contributed by atoms with van der Waals surface area (Å²) < 4.78 is 41.1. The van der Waals surface area contributed by atoms with Crippen molar-refractivity contribution in [1.29, 1.82) is 0 Å². The van der Waals surface area contributed by atoms with Crippen molar-refractivity contribution >= 4 is 32.3 Å². The third-order valence-corrected chi connectivity index (χ3v) is 6.89. The molecule has 4 aromatic rings. The highest BCUT2D eigenvalue weighted by Crippen LogP contribution is 2.28. The SMILES string of the molecule is CN(C(=O)Cn1cc(S(=O)(=O)Cc2ccc(F)cc2)c2ccccc21)c1ccccc1. The molecule has 0 aliphatic carbocycles. The number of nitrogens with zero attached hydrogens (tertiary/aromatic N) is 2. The van der Waals surface area contributed by atoms with E-state index < -0.39 is 15.7 Å². The van der Waals surface area contributed by atoms with E-state index in [1.807, 2.05) is 30.3 Å². The average molecular weight is 437 g/mol. The summed E-state index contributed by atoms with van der Waals surface area (Å²) in [6, 6.07) is 21.8. The Bertz CT molecular complexity index is 1330. The van der Waals surface area contributed by atoms with Crippen LogP contribution in [0, 0.1) is 5.82 Å². The Balaban J connectivity index is 1.67. The molecule has 0 aliphatic rings. The highest BCUT2D eigenvalue weighted by molar-refractivity contribution is 7.90. The van der Waals surface area contributed by atoms with Crippen LogP contribution in [-0.4, -0.2) is 25.9 Å². The molecule has 0 aliphatic heterocycles. The molecule has 0 unspecified atom stereocenters. The van der Waals surface area contributed by atoms with E-state index in [4.69, 9.17) is 0 Å². The first-order valence-corrected chi connectivity index (χ1v) is 11.4. The van der Waals surface area contributed by atoms with Crippen molar-refractivity contribution in [3.8, 4) is 0 Å². The third kappa shape index (κ3) is 4.36. The van der Waals surface area contributed by atoms with Gasteiger partial charge in [-0.1, -0.05) is 48.5 Å². The van der Waals surface area contributed by atoms with Gasteiger partial charge in [0.1, 0.15) is 12.4 Å². The molecule has 0 N–H and O–H groups in total. The maximum absolute atomic E-state index is 13.2. The number of benzene rings is 3. The second kappa shape index (κ2) is 8.35. The summed E-state index contributed by atoms with van der Waals surface area (Å²) >= 11 is 0. The van der Waals surface area contributed by atoms with Gasteiger partial charge in [-0.25, -0.2) is 12.8 Å². The maximum Gasteiger partial charge on any atom is 0.246 e. The van der Waals surface area contributed by atoms with Gasteiger partial charge >= 0.3 is 0 Å². The van der Waals surface area contributed by atoms with Crippen molar-refractivity contribution in [2.24, 2.45) is 0 Å². The molecule has 1 heterocycles. The number of aromatic nitrogens is 1. The van der Waals surface area contributed by atoms with Crippen LogP contribution in [0.25, 0.3) is 10.9 Å². The minimum Gasteiger partial charge on any atom is -0.337 e. The van der Waals surface area contributed by atoms with Crippen molar-refractivity contribution in [3.63, 3.8) is 0 Å². The van der Waals surface area contributed by atoms with Crippen molar-refractivity contribution < 1.29 is 17.6 Å². The van der Waals surface area contributed by atoms with E-state index in [9.17, 15) is 17.6 Å². The number of fused-ring (bicyclic) bond motifs is 1. The summed E-state index contributed by atoms with van der Waals surface area (Å²) in [7, 11) is -2.02. The number of hydrogen-bond acceptors (Lipinski definition) is 3. The lowest BCUT2D eigenvalue weighted by atomic mass is 10.2. The number of para-hydroxylation sites is 2. The van der Waals surface area contributed by atoms with Gasteiger partial charge in [0, 0.05) is 29.8 Å². The smallest absolute Gasteiger partial charge is 0.246 e. The second-order valence-electron chi connectivity index (χ2n) is 7.31. The van der Waals surface area contributed by atoms with E-state index in [-0.39, 0.29) is 23.1 Å². The number of carbonyl (C=O) groups excluding carboxylic acids is 1. The molecular formula is C24H21FN2O3S.